The van der Waals surface area contributed by atoms with Crippen molar-refractivity contribution in [1.29, 1.82) is 0 Å². The molecular formula is C24H24BrN3O2. The predicted octanol–water partition coefficient (Wildman–Crippen LogP) is 5.01. The van der Waals surface area contributed by atoms with Crippen LogP contribution in [0.3, 0.4) is 0 Å². The van der Waals surface area contributed by atoms with E-state index in [1.807, 2.05) is 44.2 Å². The van der Waals surface area contributed by atoms with Crippen LogP contribution in [0.5, 0.6) is 0 Å². The Bertz CT molecular complexity index is 1070. The van der Waals surface area contributed by atoms with Crippen LogP contribution < -0.4 is 10.6 Å². The van der Waals surface area contributed by atoms with E-state index in [1.165, 1.54) is 0 Å². The number of allylic oxidation sites excluding steroid dienone is 3. The fraction of sp³-hybridized carbons (Fsp3) is 0.292. The number of nitrogens with one attached hydrogen (secondary N) is 2. The molecule has 2 atom stereocenters. The third-order valence-electron chi connectivity index (χ3n) is 5.63. The second kappa shape index (κ2) is 8.19. The van der Waals surface area contributed by atoms with E-state index in [4.69, 9.17) is 0 Å². The van der Waals surface area contributed by atoms with Gasteiger partial charge in [0, 0.05) is 45.5 Å². The number of nitrogens with zero attached hydrogens (tertiary/aromatic N) is 1. The summed E-state index contributed by atoms with van der Waals surface area (Å²) >= 11 is 3.47. The average Bonchev–Trinajstić information content (AvgIpc) is 2.69. The first-order chi connectivity index (χ1) is 14.3. The lowest BCUT2D eigenvalue weighted by Crippen LogP contribution is -2.37. The molecule has 0 unspecified atom stereocenters. The van der Waals surface area contributed by atoms with E-state index in [9.17, 15) is 9.59 Å². The van der Waals surface area contributed by atoms with Gasteiger partial charge in [0.1, 0.15) is 5.82 Å². The van der Waals surface area contributed by atoms with Gasteiger partial charge in [-0.3, -0.25) is 9.59 Å². The number of aromatic nitrogens is 1. The highest BCUT2D eigenvalue weighted by Crippen LogP contribution is 2.43. The number of amides is 1. The molecule has 6 heteroatoms. The van der Waals surface area contributed by atoms with Crippen molar-refractivity contribution in [3.8, 4) is 0 Å². The second-order valence-electron chi connectivity index (χ2n) is 8.15. The molecule has 2 heterocycles. The first-order valence-corrected chi connectivity index (χ1v) is 10.9. The molecule has 2 N–H and O–H groups in total. The zero-order valence-corrected chi connectivity index (χ0v) is 18.8. The molecular weight excluding hydrogens is 442 g/mol. The summed E-state index contributed by atoms with van der Waals surface area (Å²) in [5, 5.41) is 6.27. The highest BCUT2D eigenvalue weighted by atomic mass is 79.9. The molecule has 1 aromatic heterocycles. The van der Waals surface area contributed by atoms with Crippen molar-refractivity contribution in [1.82, 2.24) is 10.3 Å². The van der Waals surface area contributed by atoms with Crippen LogP contribution in [0.2, 0.25) is 0 Å². The van der Waals surface area contributed by atoms with Gasteiger partial charge in [-0.25, -0.2) is 4.98 Å². The average molecular weight is 466 g/mol. The van der Waals surface area contributed by atoms with Gasteiger partial charge in [-0.2, -0.15) is 0 Å². The third kappa shape index (κ3) is 3.97. The number of aryl methyl sites for hydroxylation is 1. The van der Waals surface area contributed by atoms with Crippen LogP contribution >= 0.6 is 15.9 Å². The first kappa shape index (κ1) is 20.5. The number of benzene rings is 1. The minimum absolute atomic E-state index is 0.107. The smallest absolute Gasteiger partial charge is 0.255 e. The number of carbonyl (C=O) groups excluding carboxylic acids is 2. The summed E-state index contributed by atoms with van der Waals surface area (Å²) in [4.78, 5) is 30.7. The number of pyridine rings is 1. The predicted molar refractivity (Wildman–Crippen MR) is 121 cm³/mol. The number of ketones is 1. The fourth-order valence-electron chi connectivity index (χ4n) is 4.25. The zero-order valence-electron chi connectivity index (χ0n) is 17.3. The number of dihydropyridines is 1. The van der Waals surface area contributed by atoms with E-state index in [1.54, 1.807) is 12.3 Å². The van der Waals surface area contributed by atoms with Crippen molar-refractivity contribution in [3.05, 3.63) is 80.7 Å². The van der Waals surface area contributed by atoms with E-state index in [0.29, 0.717) is 23.4 Å². The van der Waals surface area contributed by atoms with Crippen LogP contribution in [0.15, 0.2) is 69.6 Å². The standard InChI is InChI=1S/C24H24BrN3O2/c1-13-4-9-20(26-12-13)28-24(30)21-15(3)27-18-10-14(2)11-19(29)23(18)22(21)16-5-7-17(25)8-6-16/h4-9,12,14,22,27H,10-11H2,1-3H3,(H,26,28,30)/t14-,22-/m0/s1. The lowest BCUT2D eigenvalue weighted by atomic mass is 9.73. The molecule has 0 radical (unpaired) electrons. The van der Waals surface area contributed by atoms with Gasteiger partial charge in [0.05, 0.1) is 0 Å². The molecule has 30 heavy (non-hydrogen) atoms. The molecule has 5 nitrogen and oxygen atoms in total. The molecule has 2 aromatic rings. The highest BCUT2D eigenvalue weighted by Gasteiger charge is 2.39. The van der Waals surface area contributed by atoms with E-state index in [0.717, 1.165) is 33.4 Å². The Morgan fingerprint density at radius 1 is 1.13 bits per heavy atom. The number of hydrogen-bond acceptors (Lipinski definition) is 4. The quantitative estimate of drug-likeness (QED) is 0.668. The number of Topliss-reactive ketones (excluding diaryl/α,β-unsaturated/α-hetero) is 1. The highest BCUT2D eigenvalue weighted by molar-refractivity contribution is 9.10. The Balaban J connectivity index is 1.78. The first-order valence-electron chi connectivity index (χ1n) is 10.1. The molecule has 0 spiro atoms. The Kier molecular flexibility index (Phi) is 5.60. The molecule has 0 fully saturated rings. The summed E-state index contributed by atoms with van der Waals surface area (Å²) < 4.78 is 0.952. The zero-order chi connectivity index (χ0) is 21.4. The normalized spacial score (nSPS) is 21.3. The molecule has 154 valence electrons. The monoisotopic (exact) mass is 465 g/mol. The third-order valence-corrected chi connectivity index (χ3v) is 6.16. The lowest BCUT2D eigenvalue weighted by molar-refractivity contribution is -0.117. The van der Waals surface area contributed by atoms with Crippen molar-refractivity contribution >= 4 is 33.4 Å². The Morgan fingerprint density at radius 2 is 1.87 bits per heavy atom. The number of hydrogen-bond donors (Lipinski definition) is 2. The van der Waals surface area contributed by atoms with E-state index in [2.05, 4.69) is 38.5 Å². The minimum Gasteiger partial charge on any atom is -0.362 e. The number of halogens is 1. The number of rotatable bonds is 3. The molecule has 2 aliphatic rings. The van der Waals surface area contributed by atoms with Gasteiger partial charge in [0.15, 0.2) is 5.78 Å². The van der Waals surface area contributed by atoms with Crippen LogP contribution in [-0.4, -0.2) is 16.7 Å². The van der Waals surface area contributed by atoms with Crippen LogP contribution in [0.25, 0.3) is 0 Å². The van der Waals surface area contributed by atoms with E-state index >= 15 is 0 Å². The molecule has 0 saturated carbocycles. The molecule has 0 saturated heterocycles. The Labute approximate surface area is 184 Å². The van der Waals surface area contributed by atoms with Gasteiger partial charge in [-0.15, -0.1) is 0 Å². The van der Waals surface area contributed by atoms with E-state index in [-0.39, 0.29) is 17.6 Å². The van der Waals surface area contributed by atoms with Crippen LogP contribution in [0, 0.1) is 12.8 Å². The Hall–Kier alpha value is -2.73. The molecule has 1 amide bonds. The summed E-state index contributed by atoms with van der Waals surface area (Å²) in [6, 6.07) is 11.5. The van der Waals surface area contributed by atoms with Gasteiger partial charge < -0.3 is 10.6 Å². The number of anilines is 1. The van der Waals surface area contributed by atoms with Crippen molar-refractivity contribution in [2.45, 2.75) is 39.5 Å². The summed E-state index contributed by atoms with van der Waals surface area (Å²) in [6.45, 7) is 5.93. The molecule has 1 aliphatic carbocycles. The fourth-order valence-corrected chi connectivity index (χ4v) is 4.51. The summed E-state index contributed by atoms with van der Waals surface area (Å²) in [5.41, 5.74) is 4.93. The maximum atomic E-state index is 13.4. The van der Waals surface area contributed by atoms with Crippen molar-refractivity contribution in [3.63, 3.8) is 0 Å². The molecule has 0 bridgehead atoms. The summed E-state index contributed by atoms with van der Waals surface area (Å²) in [5.74, 6) is 0.232. The minimum atomic E-state index is -0.403. The van der Waals surface area contributed by atoms with Gasteiger partial charge in [0.25, 0.3) is 5.91 Å². The molecule has 4 rings (SSSR count). The van der Waals surface area contributed by atoms with Gasteiger partial charge in [-0.05, 0) is 55.5 Å². The molecule has 1 aliphatic heterocycles. The van der Waals surface area contributed by atoms with Crippen molar-refractivity contribution in [2.75, 3.05) is 5.32 Å². The Morgan fingerprint density at radius 3 is 2.53 bits per heavy atom. The second-order valence-corrected chi connectivity index (χ2v) is 9.07. The van der Waals surface area contributed by atoms with Crippen LogP contribution in [0.1, 0.15) is 43.7 Å². The summed E-state index contributed by atoms with van der Waals surface area (Å²) in [7, 11) is 0. The SMILES string of the molecule is CC1=C(C(=O)Nc2ccc(C)cn2)[C@H](c2ccc(Br)cc2)C2=C(C[C@H](C)CC2=O)N1. The van der Waals surface area contributed by atoms with Gasteiger partial charge in [-0.1, -0.05) is 41.1 Å². The van der Waals surface area contributed by atoms with Crippen LogP contribution in [0.4, 0.5) is 5.82 Å². The maximum absolute atomic E-state index is 13.4. The van der Waals surface area contributed by atoms with Crippen LogP contribution in [-0.2, 0) is 9.59 Å². The van der Waals surface area contributed by atoms with Crippen molar-refractivity contribution in [2.24, 2.45) is 5.92 Å². The number of carbonyl (C=O) groups is 2. The molecule has 1 aromatic carbocycles. The van der Waals surface area contributed by atoms with Gasteiger partial charge in [0.2, 0.25) is 0 Å². The van der Waals surface area contributed by atoms with E-state index < -0.39 is 5.92 Å². The lowest BCUT2D eigenvalue weighted by Gasteiger charge is -2.36. The largest absolute Gasteiger partial charge is 0.362 e. The van der Waals surface area contributed by atoms with Gasteiger partial charge >= 0.3 is 0 Å². The maximum Gasteiger partial charge on any atom is 0.255 e. The van der Waals surface area contributed by atoms with Crippen molar-refractivity contribution < 1.29 is 9.59 Å². The topological polar surface area (TPSA) is 71.1 Å². The summed E-state index contributed by atoms with van der Waals surface area (Å²) in [6.07, 6.45) is 3.02.